The Morgan fingerprint density at radius 3 is 0.580 bits per heavy atom. The lowest BCUT2D eigenvalue weighted by molar-refractivity contribution is 1.28. The van der Waals surface area contributed by atoms with Crippen LogP contribution in [0.3, 0.4) is 0 Å². The second-order valence-electron chi connectivity index (χ2n) is 17.4. The molecule has 10 aromatic carbocycles. The molecule has 0 spiro atoms. The van der Waals surface area contributed by atoms with Gasteiger partial charge in [0.15, 0.2) is 0 Å². The van der Waals surface area contributed by atoms with Crippen LogP contribution in [-0.2, 0) is 0 Å². The minimum absolute atomic E-state index is 1.11. The summed E-state index contributed by atoms with van der Waals surface area (Å²) in [5.74, 6) is 0. The van der Waals surface area contributed by atoms with Crippen molar-refractivity contribution in [1.29, 1.82) is 0 Å². The number of hydrogen-bond donors (Lipinski definition) is 0. The molecule has 69 heavy (non-hydrogen) atoms. The number of benzene rings is 10. The van der Waals surface area contributed by atoms with Gasteiger partial charge in [-0.25, -0.2) is 0 Å². The molecule has 0 fully saturated rings. The van der Waals surface area contributed by atoms with E-state index in [1.165, 1.54) is 76.5 Å². The van der Waals surface area contributed by atoms with Gasteiger partial charge in [0.1, 0.15) is 0 Å². The van der Waals surface area contributed by atoms with E-state index in [1.54, 1.807) is 0 Å². The molecule has 0 aliphatic carbocycles. The minimum Gasteiger partial charge on any atom is -0.311 e. The summed E-state index contributed by atoms with van der Waals surface area (Å²) in [7, 11) is 0. The van der Waals surface area contributed by atoms with E-state index in [2.05, 4.69) is 291 Å². The van der Waals surface area contributed by atoms with Crippen molar-refractivity contribution in [1.82, 2.24) is 0 Å². The van der Waals surface area contributed by atoms with E-state index in [4.69, 9.17) is 0 Å². The summed E-state index contributed by atoms with van der Waals surface area (Å²) in [5, 5.41) is 0. The zero-order chi connectivity index (χ0) is 46.5. The van der Waals surface area contributed by atoms with E-state index >= 15 is 0 Å². The summed E-state index contributed by atoms with van der Waals surface area (Å²) in [6.07, 6.45) is 0. The van der Waals surface area contributed by atoms with Crippen LogP contribution in [0.15, 0.2) is 267 Å². The van der Waals surface area contributed by atoms with Crippen molar-refractivity contribution in [3.63, 3.8) is 0 Å². The van der Waals surface area contributed by atoms with E-state index in [-0.39, 0.29) is 0 Å². The third-order valence-corrected chi connectivity index (χ3v) is 14.6. The van der Waals surface area contributed by atoms with Crippen molar-refractivity contribution in [3.05, 3.63) is 278 Å². The Kier molecular flexibility index (Phi) is 12.1. The Balaban J connectivity index is 0.896. The Morgan fingerprint density at radius 1 is 0.203 bits per heavy atom. The topological polar surface area (TPSA) is 6.48 Å². The van der Waals surface area contributed by atoms with Gasteiger partial charge in [-0.1, -0.05) is 194 Å². The molecule has 11 aromatic rings. The maximum atomic E-state index is 2.35. The molecule has 2 nitrogen and oxygen atoms in total. The number of rotatable bonds is 12. The van der Waals surface area contributed by atoms with Gasteiger partial charge in [0.2, 0.25) is 0 Å². The quantitative estimate of drug-likeness (QED) is 0.121. The average Bonchev–Trinajstić information content (AvgIpc) is 3.73. The van der Waals surface area contributed by atoms with E-state index in [0.717, 1.165) is 34.1 Å². The highest BCUT2D eigenvalue weighted by atomic mass is 32.1. The van der Waals surface area contributed by atoms with Crippen molar-refractivity contribution in [2.75, 3.05) is 9.80 Å². The normalized spacial score (nSPS) is 11.0. The van der Waals surface area contributed by atoms with Crippen LogP contribution < -0.4 is 9.80 Å². The van der Waals surface area contributed by atoms with Crippen LogP contribution in [-0.4, -0.2) is 0 Å². The molecular weight excluding hydrogens is 853 g/mol. The summed E-state index contributed by atoms with van der Waals surface area (Å²) in [5.41, 5.74) is 21.3. The third-order valence-electron chi connectivity index (χ3n) is 13.2. The van der Waals surface area contributed by atoms with Gasteiger partial charge >= 0.3 is 0 Å². The van der Waals surface area contributed by atoms with E-state index in [9.17, 15) is 0 Å². The van der Waals surface area contributed by atoms with Gasteiger partial charge in [0.05, 0.1) is 0 Å². The van der Waals surface area contributed by atoms with Gasteiger partial charge in [-0.3, -0.25) is 0 Å². The lowest BCUT2D eigenvalue weighted by Gasteiger charge is -2.26. The fourth-order valence-corrected chi connectivity index (χ4v) is 10.6. The highest BCUT2D eigenvalue weighted by Crippen LogP contribution is 2.45. The first-order valence-corrected chi connectivity index (χ1v) is 24.4. The molecule has 330 valence electrons. The molecule has 1 heterocycles. The first-order chi connectivity index (χ1) is 34.0. The predicted octanol–water partition coefficient (Wildman–Crippen LogP) is 19.3. The van der Waals surface area contributed by atoms with Gasteiger partial charge in [0.25, 0.3) is 0 Å². The van der Waals surface area contributed by atoms with Crippen LogP contribution >= 0.6 is 11.3 Å². The summed E-state index contributed by atoms with van der Waals surface area (Å²) in [6.45, 7) is 4.53. The highest BCUT2D eigenvalue weighted by molar-refractivity contribution is 7.19. The predicted molar refractivity (Wildman–Crippen MR) is 296 cm³/mol. The summed E-state index contributed by atoms with van der Waals surface area (Å²) < 4.78 is 0. The van der Waals surface area contributed by atoms with Gasteiger partial charge in [-0.05, 0) is 153 Å². The monoisotopic (exact) mass is 902 g/mol. The first kappa shape index (κ1) is 43.1. The van der Waals surface area contributed by atoms with Gasteiger partial charge < -0.3 is 9.80 Å². The smallest absolute Gasteiger partial charge is 0.0462 e. The van der Waals surface area contributed by atoms with Crippen molar-refractivity contribution in [3.8, 4) is 65.4 Å². The third kappa shape index (κ3) is 9.04. The molecule has 0 unspecified atom stereocenters. The fraction of sp³-hybridized carbons (Fsp3) is 0.0303. The maximum absolute atomic E-state index is 2.35. The zero-order valence-corrected chi connectivity index (χ0v) is 39.5. The lowest BCUT2D eigenvalue weighted by atomic mass is 10.0. The molecule has 0 saturated carbocycles. The average molecular weight is 903 g/mol. The van der Waals surface area contributed by atoms with E-state index in [1.807, 2.05) is 11.3 Å². The largest absolute Gasteiger partial charge is 0.311 e. The van der Waals surface area contributed by atoms with Crippen LogP contribution in [0.4, 0.5) is 34.1 Å². The number of nitrogens with zero attached hydrogens (tertiary/aromatic N) is 2. The summed E-state index contributed by atoms with van der Waals surface area (Å²) in [6, 6.07) is 96.1. The van der Waals surface area contributed by atoms with Crippen LogP contribution in [0.2, 0.25) is 0 Å². The molecule has 0 saturated heterocycles. The van der Waals surface area contributed by atoms with Gasteiger partial charge in [0, 0.05) is 43.9 Å². The SMILES string of the molecule is Cc1c(-c2ccc(N(c3ccc(-c4ccccc4)cc3)c3ccc(-c4ccccc4)cc3)cc2)sc(-c2ccc(N(c3ccc(-c4ccccc4)cc3)c3ccc(-c4ccccc4)cc3)cc2)c1C. The second-order valence-corrected chi connectivity index (χ2v) is 18.4. The van der Waals surface area contributed by atoms with Crippen LogP contribution in [0.5, 0.6) is 0 Å². The highest BCUT2D eigenvalue weighted by Gasteiger charge is 2.19. The Hall–Kier alpha value is -8.50. The lowest BCUT2D eigenvalue weighted by Crippen LogP contribution is -2.09. The number of thiophene rings is 1. The van der Waals surface area contributed by atoms with E-state index < -0.39 is 0 Å². The second kappa shape index (κ2) is 19.4. The van der Waals surface area contributed by atoms with Gasteiger partial charge in [-0.15, -0.1) is 11.3 Å². The molecular formula is C66H50N2S. The molecule has 0 atom stereocenters. The van der Waals surface area contributed by atoms with Crippen LogP contribution in [0.25, 0.3) is 65.4 Å². The van der Waals surface area contributed by atoms with Crippen LogP contribution in [0, 0.1) is 13.8 Å². The number of hydrogen-bond acceptors (Lipinski definition) is 3. The van der Waals surface area contributed by atoms with E-state index in [0.29, 0.717) is 0 Å². The van der Waals surface area contributed by atoms with Gasteiger partial charge in [-0.2, -0.15) is 0 Å². The molecule has 0 aliphatic heterocycles. The maximum Gasteiger partial charge on any atom is 0.0462 e. The van der Waals surface area contributed by atoms with Crippen molar-refractivity contribution in [2.24, 2.45) is 0 Å². The number of anilines is 6. The van der Waals surface area contributed by atoms with Crippen molar-refractivity contribution >= 4 is 45.5 Å². The molecule has 0 aliphatic rings. The van der Waals surface area contributed by atoms with Crippen molar-refractivity contribution in [2.45, 2.75) is 13.8 Å². The molecule has 1 aromatic heterocycles. The first-order valence-electron chi connectivity index (χ1n) is 23.6. The molecule has 0 radical (unpaired) electrons. The Bertz CT molecular complexity index is 3020. The molecule has 0 amide bonds. The molecule has 11 rings (SSSR count). The molecule has 3 heteroatoms. The summed E-state index contributed by atoms with van der Waals surface area (Å²) >= 11 is 1.88. The molecule has 0 N–H and O–H groups in total. The zero-order valence-electron chi connectivity index (χ0n) is 38.7. The Labute approximate surface area is 410 Å². The van der Waals surface area contributed by atoms with Crippen LogP contribution in [0.1, 0.15) is 11.1 Å². The van der Waals surface area contributed by atoms with Crippen molar-refractivity contribution < 1.29 is 0 Å². The Morgan fingerprint density at radius 2 is 0.377 bits per heavy atom. The molecule has 0 bridgehead atoms. The standard InChI is InChI=1S/C66H50N2S/c1-47-48(2)66(58-33-45-64(46-34-58)68(61-39-27-55(28-40-61)51-19-11-5-12-20-51)62-41-29-56(30-42-62)52-21-13-6-14-22-52)69-65(47)57-31-43-63(44-32-57)67(59-35-23-53(24-36-59)49-15-7-3-8-16-49)60-37-25-54(26-38-60)50-17-9-4-10-18-50/h3-46H,1-2H3. The minimum atomic E-state index is 1.11. The fourth-order valence-electron chi connectivity index (χ4n) is 9.30. The summed E-state index contributed by atoms with van der Waals surface area (Å²) in [4.78, 5) is 7.29.